The number of anilines is 1. The van der Waals surface area contributed by atoms with Gasteiger partial charge in [-0.3, -0.25) is 4.79 Å². The molecule has 0 fully saturated rings. The standard InChI is InChI=1S/C12H14N4O/c1-9-3-6-12(17)16(15-9)8-10-4-5-11(13-2)14-7-10/h3-7H,8H2,1-2H3,(H,13,14). The van der Waals surface area contributed by atoms with Gasteiger partial charge in [-0.2, -0.15) is 5.10 Å². The van der Waals surface area contributed by atoms with Gasteiger partial charge in [0.1, 0.15) is 5.82 Å². The topological polar surface area (TPSA) is 59.8 Å². The van der Waals surface area contributed by atoms with E-state index in [1.54, 1.807) is 12.3 Å². The number of aromatic nitrogens is 3. The highest BCUT2D eigenvalue weighted by Gasteiger charge is 2.00. The molecule has 0 radical (unpaired) electrons. The average molecular weight is 230 g/mol. The van der Waals surface area contributed by atoms with Crippen LogP contribution in [-0.2, 0) is 6.54 Å². The van der Waals surface area contributed by atoms with Crippen LogP contribution in [0.25, 0.3) is 0 Å². The lowest BCUT2D eigenvalue weighted by atomic mass is 10.3. The molecule has 0 atom stereocenters. The minimum Gasteiger partial charge on any atom is -0.373 e. The number of nitrogens with zero attached hydrogens (tertiary/aromatic N) is 3. The summed E-state index contributed by atoms with van der Waals surface area (Å²) in [7, 11) is 1.81. The second-order valence-corrected chi connectivity index (χ2v) is 3.77. The Kier molecular flexibility index (Phi) is 3.18. The lowest BCUT2D eigenvalue weighted by Gasteiger charge is -2.05. The fraction of sp³-hybridized carbons (Fsp3) is 0.250. The molecule has 0 saturated heterocycles. The molecule has 88 valence electrons. The summed E-state index contributed by atoms with van der Waals surface area (Å²) < 4.78 is 1.44. The molecule has 2 aromatic heterocycles. The first kappa shape index (κ1) is 11.3. The van der Waals surface area contributed by atoms with Gasteiger partial charge in [0.05, 0.1) is 12.2 Å². The molecular weight excluding hydrogens is 216 g/mol. The Morgan fingerprint density at radius 1 is 1.29 bits per heavy atom. The maximum absolute atomic E-state index is 11.6. The molecular formula is C12H14N4O. The third-order valence-electron chi connectivity index (χ3n) is 2.41. The first-order valence-corrected chi connectivity index (χ1v) is 5.36. The third kappa shape index (κ3) is 2.69. The normalized spacial score (nSPS) is 10.2. The molecule has 5 heteroatoms. The van der Waals surface area contributed by atoms with E-state index in [-0.39, 0.29) is 5.56 Å². The SMILES string of the molecule is CNc1ccc(Cn2nc(C)ccc2=O)cn1. The lowest BCUT2D eigenvalue weighted by molar-refractivity contribution is 0.627. The summed E-state index contributed by atoms with van der Waals surface area (Å²) in [4.78, 5) is 15.8. The van der Waals surface area contributed by atoms with Gasteiger partial charge < -0.3 is 5.32 Å². The van der Waals surface area contributed by atoms with E-state index in [9.17, 15) is 4.79 Å². The first-order chi connectivity index (χ1) is 8.19. The number of rotatable bonds is 3. The van der Waals surface area contributed by atoms with Gasteiger partial charge in [-0.25, -0.2) is 9.67 Å². The fourth-order valence-electron chi connectivity index (χ4n) is 1.50. The van der Waals surface area contributed by atoms with Gasteiger partial charge >= 0.3 is 0 Å². The third-order valence-corrected chi connectivity index (χ3v) is 2.41. The number of aryl methyl sites for hydroxylation is 1. The molecule has 2 rings (SSSR count). The summed E-state index contributed by atoms with van der Waals surface area (Å²) >= 11 is 0. The smallest absolute Gasteiger partial charge is 0.267 e. The summed E-state index contributed by atoms with van der Waals surface area (Å²) in [5.74, 6) is 0.804. The molecule has 0 amide bonds. The number of nitrogens with one attached hydrogen (secondary N) is 1. The van der Waals surface area contributed by atoms with Gasteiger partial charge in [0, 0.05) is 19.3 Å². The fourth-order valence-corrected chi connectivity index (χ4v) is 1.50. The zero-order valence-electron chi connectivity index (χ0n) is 9.84. The molecule has 1 N–H and O–H groups in total. The van der Waals surface area contributed by atoms with Gasteiger partial charge in [0.15, 0.2) is 0 Å². The molecule has 0 unspecified atom stereocenters. The van der Waals surface area contributed by atoms with Crippen molar-refractivity contribution in [2.75, 3.05) is 12.4 Å². The summed E-state index contributed by atoms with van der Waals surface area (Å²) in [6.07, 6.45) is 1.74. The monoisotopic (exact) mass is 230 g/mol. The van der Waals surface area contributed by atoms with Crippen LogP contribution in [0.1, 0.15) is 11.3 Å². The van der Waals surface area contributed by atoms with Crippen molar-refractivity contribution in [1.82, 2.24) is 14.8 Å². The Balaban J connectivity index is 2.25. The van der Waals surface area contributed by atoms with Crippen LogP contribution >= 0.6 is 0 Å². The molecule has 0 aliphatic carbocycles. The molecule has 0 saturated carbocycles. The van der Waals surface area contributed by atoms with Crippen LogP contribution < -0.4 is 10.9 Å². The van der Waals surface area contributed by atoms with Crippen LogP contribution in [0.3, 0.4) is 0 Å². The quantitative estimate of drug-likeness (QED) is 0.855. The minimum atomic E-state index is -0.103. The van der Waals surface area contributed by atoms with E-state index in [0.29, 0.717) is 6.54 Å². The predicted octanol–water partition coefficient (Wildman–Crippen LogP) is 1.04. The first-order valence-electron chi connectivity index (χ1n) is 5.36. The van der Waals surface area contributed by atoms with Crippen LogP contribution in [0.2, 0.25) is 0 Å². The van der Waals surface area contributed by atoms with Crippen molar-refractivity contribution in [3.05, 3.63) is 52.1 Å². The van der Waals surface area contributed by atoms with Crippen molar-refractivity contribution in [1.29, 1.82) is 0 Å². The number of pyridine rings is 1. The maximum Gasteiger partial charge on any atom is 0.267 e. The summed E-state index contributed by atoms with van der Waals surface area (Å²) in [6.45, 7) is 2.30. The Bertz CT molecular complexity index is 559. The van der Waals surface area contributed by atoms with Crippen LogP contribution in [0.4, 0.5) is 5.82 Å². The van der Waals surface area contributed by atoms with E-state index in [4.69, 9.17) is 0 Å². The second-order valence-electron chi connectivity index (χ2n) is 3.77. The van der Waals surface area contributed by atoms with Crippen molar-refractivity contribution in [3.63, 3.8) is 0 Å². The predicted molar refractivity (Wildman–Crippen MR) is 66.1 cm³/mol. The zero-order chi connectivity index (χ0) is 12.3. The highest BCUT2D eigenvalue weighted by Crippen LogP contribution is 2.04. The van der Waals surface area contributed by atoms with E-state index in [1.807, 2.05) is 26.1 Å². The maximum atomic E-state index is 11.6. The number of hydrogen-bond acceptors (Lipinski definition) is 4. The molecule has 0 aromatic carbocycles. The van der Waals surface area contributed by atoms with Crippen LogP contribution in [-0.4, -0.2) is 21.8 Å². The minimum absolute atomic E-state index is 0.103. The van der Waals surface area contributed by atoms with E-state index < -0.39 is 0 Å². The highest BCUT2D eigenvalue weighted by atomic mass is 16.1. The van der Waals surface area contributed by atoms with E-state index >= 15 is 0 Å². The molecule has 0 aliphatic rings. The molecule has 0 aliphatic heterocycles. The van der Waals surface area contributed by atoms with Gasteiger partial charge in [-0.05, 0) is 24.6 Å². The number of hydrogen-bond donors (Lipinski definition) is 1. The zero-order valence-corrected chi connectivity index (χ0v) is 9.84. The van der Waals surface area contributed by atoms with Crippen LogP contribution in [0, 0.1) is 6.92 Å². The van der Waals surface area contributed by atoms with Gasteiger partial charge in [-0.15, -0.1) is 0 Å². The molecule has 2 heterocycles. The van der Waals surface area contributed by atoms with Gasteiger partial charge in [0.2, 0.25) is 0 Å². The van der Waals surface area contributed by atoms with Crippen LogP contribution in [0.15, 0.2) is 35.3 Å². The highest BCUT2D eigenvalue weighted by molar-refractivity contribution is 5.34. The van der Waals surface area contributed by atoms with E-state index in [2.05, 4.69) is 15.4 Å². The Morgan fingerprint density at radius 2 is 2.12 bits per heavy atom. The molecule has 2 aromatic rings. The lowest BCUT2D eigenvalue weighted by Crippen LogP contribution is -2.23. The Labute approximate surface area is 99.1 Å². The summed E-state index contributed by atoms with van der Waals surface area (Å²) in [5, 5.41) is 7.11. The molecule has 17 heavy (non-hydrogen) atoms. The van der Waals surface area contributed by atoms with Crippen molar-refractivity contribution in [3.8, 4) is 0 Å². The van der Waals surface area contributed by atoms with E-state index in [1.165, 1.54) is 10.7 Å². The second kappa shape index (κ2) is 4.78. The van der Waals surface area contributed by atoms with Crippen molar-refractivity contribution >= 4 is 5.82 Å². The molecule has 5 nitrogen and oxygen atoms in total. The van der Waals surface area contributed by atoms with Gasteiger partial charge in [-0.1, -0.05) is 6.07 Å². The Morgan fingerprint density at radius 3 is 2.76 bits per heavy atom. The molecule has 0 spiro atoms. The summed E-state index contributed by atoms with van der Waals surface area (Å²) in [6, 6.07) is 7.03. The van der Waals surface area contributed by atoms with E-state index in [0.717, 1.165) is 17.1 Å². The Hall–Kier alpha value is -2.17. The molecule has 0 bridgehead atoms. The van der Waals surface area contributed by atoms with Crippen LogP contribution in [0.5, 0.6) is 0 Å². The van der Waals surface area contributed by atoms with Crippen molar-refractivity contribution in [2.45, 2.75) is 13.5 Å². The largest absolute Gasteiger partial charge is 0.373 e. The van der Waals surface area contributed by atoms with Crippen molar-refractivity contribution < 1.29 is 0 Å². The van der Waals surface area contributed by atoms with Crippen molar-refractivity contribution in [2.24, 2.45) is 0 Å². The van der Waals surface area contributed by atoms with Gasteiger partial charge in [0.25, 0.3) is 5.56 Å². The summed E-state index contributed by atoms with van der Waals surface area (Å²) in [5.41, 5.74) is 1.67. The average Bonchev–Trinajstić information content (AvgIpc) is 2.35.